The minimum atomic E-state index is -0.521. The van der Waals surface area contributed by atoms with Gasteiger partial charge in [-0.15, -0.1) is 0 Å². The summed E-state index contributed by atoms with van der Waals surface area (Å²) in [7, 11) is 0. The first kappa shape index (κ1) is 18.7. The lowest BCUT2D eigenvalue weighted by Crippen LogP contribution is -2.29. The maximum Gasteiger partial charge on any atom is 0.259 e. The van der Waals surface area contributed by atoms with Gasteiger partial charge in [0, 0.05) is 11.6 Å². The number of nitrogens with one attached hydrogen (secondary N) is 2. The number of piperidine rings is 1. The minimum absolute atomic E-state index is 0.0311. The molecule has 1 saturated heterocycles. The van der Waals surface area contributed by atoms with Gasteiger partial charge in [0.05, 0.1) is 28.2 Å². The summed E-state index contributed by atoms with van der Waals surface area (Å²) in [4.78, 5) is 13.0. The summed E-state index contributed by atoms with van der Waals surface area (Å²) in [6.45, 7) is 1.80. The Morgan fingerprint density at radius 2 is 1.93 bits per heavy atom. The second-order valence-corrected chi connectivity index (χ2v) is 7.21. The summed E-state index contributed by atoms with van der Waals surface area (Å²) >= 11 is 5.83. The Bertz CT molecular complexity index is 983. The Hall–Kier alpha value is -2.70. The summed E-state index contributed by atoms with van der Waals surface area (Å²) in [5.74, 6) is -0.577. The number of amides is 1. The lowest BCUT2D eigenvalue weighted by atomic mass is 9.91. The number of carbonyl (C=O) groups is 1. The van der Waals surface area contributed by atoms with E-state index in [1.165, 1.54) is 18.2 Å². The lowest BCUT2D eigenvalue weighted by Gasteiger charge is -2.24. The molecular weight excluding hydrogens is 379 g/mol. The summed E-state index contributed by atoms with van der Waals surface area (Å²) in [5, 5.41) is 10.6. The van der Waals surface area contributed by atoms with Crippen molar-refractivity contribution in [1.82, 2.24) is 15.1 Å². The summed E-state index contributed by atoms with van der Waals surface area (Å²) in [5.41, 5.74) is 2.79. The van der Waals surface area contributed by atoms with Crippen molar-refractivity contribution >= 4 is 23.2 Å². The van der Waals surface area contributed by atoms with Crippen molar-refractivity contribution in [1.29, 1.82) is 0 Å². The van der Waals surface area contributed by atoms with Crippen LogP contribution in [0.2, 0.25) is 5.02 Å². The molecular formula is C21H20ClFN4O. The molecule has 2 heterocycles. The maximum absolute atomic E-state index is 13.4. The van der Waals surface area contributed by atoms with Gasteiger partial charge in [-0.05, 0) is 56.3 Å². The summed E-state index contributed by atoms with van der Waals surface area (Å²) in [6, 6.07) is 13.9. The fourth-order valence-electron chi connectivity index (χ4n) is 3.57. The molecule has 1 aliphatic rings. The van der Waals surface area contributed by atoms with E-state index in [0.29, 0.717) is 11.3 Å². The fraction of sp³-hybridized carbons (Fsp3) is 0.238. The van der Waals surface area contributed by atoms with Crippen LogP contribution >= 0.6 is 11.6 Å². The van der Waals surface area contributed by atoms with Gasteiger partial charge in [0.15, 0.2) is 0 Å². The quantitative estimate of drug-likeness (QED) is 0.685. The van der Waals surface area contributed by atoms with Gasteiger partial charge >= 0.3 is 0 Å². The van der Waals surface area contributed by atoms with Gasteiger partial charge < -0.3 is 10.6 Å². The van der Waals surface area contributed by atoms with E-state index in [1.807, 2.05) is 35.0 Å². The van der Waals surface area contributed by atoms with E-state index < -0.39 is 5.82 Å². The van der Waals surface area contributed by atoms with Gasteiger partial charge in [-0.25, -0.2) is 9.07 Å². The van der Waals surface area contributed by atoms with Crippen molar-refractivity contribution in [2.45, 2.75) is 18.8 Å². The average molecular weight is 399 g/mol. The lowest BCUT2D eigenvalue weighted by molar-refractivity contribution is 0.102. The topological polar surface area (TPSA) is 59.0 Å². The van der Waals surface area contributed by atoms with Crippen molar-refractivity contribution < 1.29 is 9.18 Å². The molecule has 1 amide bonds. The first-order valence-electron chi connectivity index (χ1n) is 9.24. The van der Waals surface area contributed by atoms with Gasteiger partial charge in [0.2, 0.25) is 0 Å². The van der Waals surface area contributed by atoms with E-state index in [2.05, 4.69) is 15.7 Å². The Morgan fingerprint density at radius 1 is 1.18 bits per heavy atom. The highest BCUT2D eigenvalue weighted by molar-refractivity contribution is 6.31. The fourth-order valence-corrected chi connectivity index (χ4v) is 3.75. The van der Waals surface area contributed by atoms with Gasteiger partial charge in [-0.1, -0.05) is 29.8 Å². The predicted octanol–water partition coefficient (Wildman–Crippen LogP) is 4.38. The van der Waals surface area contributed by atoms with Gasteiger partial charge in [0.1, 0.15) is 5.82 Å². The Kier molecular flexibility index (Phi) is 5.41. The summed E-state index contributed by atoms with van der Waals surface area (Å²) < 4.78 is 15.2. The monoisotopic (exact) mass is 398 g/mol. The van der Waals surface area contributed by atoms with Crippen LogP contribution in [0.25, 0.3) is 5.69 Å². The van der Waals surface area contributed by atoms with Crippen LogP contribution in [0.1, 0.15) is 34.8 Å². The number of halogens is 2. The molecule has 0 spiro atoms. The Labute approximate surface area is 167 Å². The molecule has 0 aliphatic carbocycles. The van der Waals surface area contributed by atoms with Crippen LogP contribution in [-0.4, -0.2) is 28.8 Å². The number of aromatic nitrogens is 2. The van der Waals surface area contributed by atoms with Gasteiger partial charge in [-0.3, -0.25) is 4.79 Å². The number of hydrogen-bond acceptors (Lipinski definition) is 3. The maximum atomic E-state index is 13.4. The second kappa shape index (κ2) is 8.12. The van der Waals surface area contributed by atoms with Gasteiger partial charge in [0.25, 0.3) is 5.91 Å². The number of nitrogens with zero attached hydrogens (tertiary/aromatic N) is 2. The molecule has 1 fully saturated rings. The average Bonchev–Trinajstić information content (AvgIpc) is 3.17. The molecule has 1 aliphatic heterocycles. The molecule has 5 nitrogen and oxygen atoms in total. The minimum Gasteiger partial charge on any atom is -0.322 e. The van der Waals surface area contributed by atoms with Crippen molar-refractivity contribution in [3.63, 3.8) is 0 Å². The molecule has 2 N–H and O–H groups in total. The Morgan fingerprint density at radius 3 is 2.64 bits per heavy atom. The molecule has 0 saturated carbocycles. The molecule has 2 aromatic carbocycles. The smallest absolute Gasteiger partial charge is 0.259 e. The molecule has 7 heteroatoms. The van der Waals surface area contributed by atoms with Crippen LogP contribution in [-0.2, 0) is 0 Å². The molecule has 0 atom stereocenters. The predicted molar refractivity (Wildman–Crippen MR) is 108 cm³/mol. The highest BCUT2D eigenvalue weighted by Gasteiger charge is 2.27. The third-order valence-corrected chi connectivity index (χ3v) is 5.24. The highest BCUT2D eigenvalue weighted by Crippen LogP contribution is 2.31. The zero-order valence-corrected chi connectivity index (χ0v) is 15.9. The first-order valence-corrected chi connectivity index (χ1v) is 9.62. The van der Waals surface area contributed by atoms with Crippen LogP contribution in [0, 0.1) is 5.82 Å². The third kappa shape index (κ3) is 3.79. The van der Waals surface area contributed by atoms with Crippen LogP contribution in [0.3, 0.4) is 0 Å². The number of rotatable bonds is 4. The SMILES string of the molecule is O=C(Nc1ccc(F)c(Cl)c1)c1cnn(-c2ccccc2)c1C1CCNCC1. The number of hydrogen-bond donors (Lipinski definition) is 2. The highest BCUT2D eigenvalue weighted by atomic mass is 35.5. The van der Waals surface area contributed by atoms with Crippen molar-refractivity contribution in [3.8, 4) is 5.69 Å². The molecule has 0 bridgehead atoms. The van der Waals surface area contributed by atoms with Crippen LogP contribution in [0.15, 0.2) is 54.7 Å². The van der Waals surface area contributed by atoms with Crippen LogP contribution in [0.5, 0.6) is 0 Å². The molecule has 4 rings (SSSR count). The zero-order chi connectivity index (χ0) is 19.5. The molecule has 1 aromatic heterocycles. The van der Waals surface area contributed by atoms with Crippen molar-refractivity contribution in [2.75, 3.05) is 18.4 Å². The van der Waals surface area contributed by atoms with E-state index in [0.717, 1.165) is 37.3 Å². The number of carbonyl (C=O) groups excluding carboxylic acids is 1. The normalized spacial score (nSPS) is 14.8. The number of benzene rings is 2. The first-order chi connectivity index (χ1) is 13.6. The molecule has 0 unspecified atom stereocenters. The van der Waals surface area contributed by atoms with E-state index in [1.54, 1.807) is 6.20 Å². The van der Waals surface area contributed by atoms with Crippen LogP contribution < -0.4 is 10.6 Å². The van der Waals surface area contributed by atoms with Crippen LogP contribution in [0.4, 0.5) is 10.1 Å². The van der Waals surface area contributed by atoms with Crippen molar-refractivity contribution in [2.24, 2.45) is 0 Å². The van der Waals surface area contributed by atoms with Crippen molar-refractivity contribution in [3.05, 3.63) is 76.8 Å². The molecule has 3 aromatic rings. The van der Waals surface area contributed by atoms with Gasteiger partial charge in [-0.2, -0.15) is 5.10 Å². The third-order valence-electron chi connectivity index (χ3n) is 4.96. The molecule has 0 radical (unpaired) electrons. The molecule has 144 valence electrons. The van der Waals surface area contributed by atoms with E-state index in [-0.39, 0.29) is 16.8 Å². The largest absolute Gasteiger partial charge is 0.322 e. The number of anilines is 1. The standard InChI is InChI=1S/C21H20ClFN4O/c22-18-12-15(6-7-19(18)23)26-21(28)17-13-25-27(16-4-2-1-3-5-16)20(17)14-8-10-24-11-9-14/h1-7,12-14,24H,8-11H2,(H,26,28). The van der Waals surface area contributed by atoms with E-state index >= 15 is 0 Å². The second-order valence-electron chi connectivity index (χ2n) is 6.80. The molecule has 28 heavy (non-hydrogen) atoms. The summed E-state index contributed by atoms with van der Waals surface area (Å²) in [6.07, 6.45) is 3.47. The van der Waals surface area contributed by atoms with E-state index in [9.17, 15) is 9.18 Å². The Balaban J connectivity index is 1.70. The van der Waals surface area contributed by atoms with E-state index in [4.69, 9.17) is 11.6 Å². The number of para-hydroxylation sites is 1. The zero-order valence-electron chi connectivity index (χ0n) is 15.2.